The van der Waals surface area contributed by atoms with Gasteiger partial charge in [0.1, 0.15) is 0 Å². The third-order valence-corrected chi connectivity index (χ3v) is 5.22. The van der Waals surface area contributed by atoms with E-state index in [0.717, 1.165) is 32.2 Å². The molecule has 22 heavy (non-hydrogen) atoms. The van der Waals surface area contributed by atoms with Crippen LogP contribution >= 0.6 is 12.4 Å². The number of hydrogen-bond donors (Lipinski definition) is 1. The number of piperazine rings is 1. The van der Waals surface area contributed by atoms with Crippen LogP contribution in [0.4, 0.5) is 0 Å². The fourth-order valence-electron chi connectivity index (χ4n) is 3.87. The Morgan fingerprint density at radius 1 is 0.773 bits per heavy atom. The molecule has 2 heterocycles. The molecule has 1 saturated carbocycles. The van der Waals surface area contributed by atoms with E-state index in [4.69, 9.17) is 0 Å². The zero-order valence-electron chi connectivity index (χ0n) is 13.3. The molecule has 1 atom stereocenters. The number of carbonyl (C=O) groups excluding carboxylic acids is 2. The summed E-state index contributed by atoms with van der Waals surface area (Å²) in [5.41, 5.74) is 0. The topological polar surface area (TPSA) is 52.7 Å². The van der Waals surface area contributed by atoms with Crippen LogP contribution in [0.1, 0.15) is 44.9 Å². The van der Waals surface area contributed by atoms with E-state index in [1.54, 1.807) is 0 Å². The van der Waals surface area contributed by atoms with E-state index in [1.807, 2.05) is 9.80 Å². The van der Waals surface area contributed by atoms with Crippen LogP contribution in [0.25, 0.3) is 0 Å². The summed E-state index contributed by atoms with van der Waals surface area (Å²) in [5, 5.41) is 3.27. The highest BCUT2D eigenvalue weighted by atomic mass is 35.5. The molecule has 0 bridgehead atoms. The number of nitrogens with zero attached hydrogens (tertiary/aromatic N) is 2. The van der Waals surface area contributed by atoms with Crippen LogP contribution < -0.4 is 5.32 Å². The average molecular weight is 330 g/mol. The Morgan fingerprint density at radius 2 is 1.36 bits per heavy atom. The number of nitrogens with one attached hydrogen (secondary N) is 1. The third kappa shape index (κ3) is 3.93. The van der Waals surface area contributed by atoms with E-state index in [9.17, 15) is 9.59 Å². The summed E-state index contributed by atoms with van der Waals surface area (Å²) in [6.07, 6.45) is 7.84. The molecule has 0 aromatic rings. The van der Waals surface area contributed by atoms with Gasteiger partial charge in [0.15, 0.2) is 0 Å². The summed E-state index contributed by atoms with van der Waals surface area (Å²) in [7, 11) is 0. The zero-order chi connectivity index (χ0) is 14.7. The summed E-state index contributed by atoms with van der Waals surface area (Å²) < 4.78 is 0. The van der Waals surface area contributed by atoms with Gasteiger partial charge in [0.05, 0.1) is 6.04 Å². The monoisotopic (exact) mass is 329 g/mol. The molecule has 1 aliphatic carbocycles. The van der Waals surface area contributed by atoms with Crippen molar-refractivity contribution in [2.75, 3.05) is 32.7 Å². The Labute approximate surface area is 139 Å². The van der Waals surface area contributed by atoms with E-state index < -0.39 is 0 Å². The fraction of sp³-hybridized carbons (Fsp3) is 0.875. The zero-order valence-corrected chi connectivity index (χ0v) is 14.1. The summed E-state index contributed by atoms with van der Waals surface area (Å²) >= 11 is 0. The molecular weight excluding hydrogens is 302 g/mol. The highest BCUT2D eigenvalue weighted by molar-refractivity contribution is 5.85. The lowest BCUT2D eigenvalue weighted by atomic mass is 9.88. The maximum atomic E-state index is 12.5. The Bertz CT molecular complexity index is 385. The first-order valence-corrected chi connectivity index (χ1v) is 8.56. The molecule has 2 amide bonds. The Morgan fingerprint density at radius 3 is 1.91 bits per heavy atom. The molecule has 1 unspecified atom stereocenters. The number of amides is 2. The average Bonchev–Trinajstić information content (AvgIpc) is 3.09. The van der Waals surface area contributed by atoms with Gasteiger partial charge in [-0.05, 0) is 32.2 Å². The largest absolute Gasteiger partial charge is 0.339 e. The van der Waals surface area contributed by atoms with Crippen molar-refractivity contribution in [3.63, 3.8) is 0 Å². The van der Waals surface area contributed by atoms with E-state index in [-0.39, 0.29) is 30.3 Å². The lowest BCUT2D eigenvalue weighted by Gasteiger charge is -2.38. The van der Waals surface area contributed by atoms with Gasteiger partial charge in [0.2, 0.25) is 11.8 Å². The molecule has 0 spiro atoms. The molecule has 0 aromatic heterocycles. The van der Waals surface area contributed by atoms with E-state index in [1.165, 1.54) is 19.3 Å². The lowest BCUT2D eigenvalue weighted by Crippen LogP contribution is -2.55. The SMILES string of the molecule is Cl.O=C(C1CCCCC1)N1CCN(C(=O)C2CCCN2)CC1. The number of carbonyl (C=O) groups is 2. The molecule has 3 aliphatic rings. The molecule has 2 saturated heterocycles. The summed E-state index contributed by atoms with van der Waals surface area (Å²) in [5.74, 6) is 0.815. The Hall–Kier alpha value is -0.810. The van der Waals surface area contributed by atoms with Crippen molar-refractivity contribution < 1.29 is 9.59 Å². The predicted octanol–water partition coefficient (Wildman–Crippen LogP) is 1.41. The quantitative estimate of drug-likeness (QED) is 0.833. The molecule has 3 rings (SSSR count). The molecular formula is C16H28ClN3O2. The maximum Gasteiger partial charge on any atom is 0.239 e. The predicted molar refractivity (Wildman–Crippen MR) is 88.0 cm³/mol. The van der Waals surface area contributed by atoms with Gasteiger partial charge in [0, 0.05) is 32.1 Å². The van der Waals surface area contributed by atoms with E-state index >= 15 is 0 Å². The molecule has 6 heteroatoms. The van der Waals surface area contributed by atoms with E-state index in [0.29, 0.717) is 32.1 Å². The van der Waals surface area contributed by atoms with Gasteiger partial charge in [-0.15, -0.1) is 12.4 Å². The summed E-state index contributed by atoms with van der Waals surface area (Å²) in [6, 6.07) is 0.0191. The second-order valence-corrected chi connectivity index (χ2v) is 6.63. The van der Waals surface area contributed by atoms with E-state index in [2.05, 4.69) is 5.32 Å². The fourth-order valence-corrected chi connectivity index (χ4v) is 3.87. The van der Waals surface area contributed by atoms with Crippen LogP contribution in [0, 0.1) is 5.92 Å². The highest BCUT2D eigenvalue weighted by Gasteiger charge is 2.32. The molecule has 2 aliphatic heterocycles. The van der Waals surface area contributed by atoms with Gasteiger partial charge in [-0.3, -0.25) is 9.59 Å². The molecule has 5 nitrogen and oxygen atoms in total. The molecule has 126 valence electrons. The van der Waals surface area contributed by atoms with Crippen molar-refractivity contribution in [3.05, 3.63) is 0 Å². The minimum atomic E-state index is 0. The van der Waals surface area contributed by atoms with Crippen molar-refractivity contribution >= 4 is 24.2 Å². The molecule has 1 N–H and O–H groups in total. The number of hydrogen-bond acceptors (Lipinski definition) is 3. The Kier molecular flexibility index (Phi) is 6.50. The van der Waals surface area contributed by atoms with Gasteiger partial charge >= 0.3 is 0 Å². The first-order valence-electron chi connectivity index (χ1n) is 8.56. The van der Waals surface area contributed by atoms with Crippen LogP contribution in [-0.2, 0) is 9.59 Å². The Balaban J connectivity index is 0.00000176. The van der Waals surface area contributed by atoms with Gasteiger partial charge in [-0.25, -0.2) is 0 Å². The highest BCUT2D eigenvalue weighted by Crippen LogP contribution is 2.26. The van der Waals surface area contributed by atoms with Crippen molar-refractivity contribution in [2.45, 2.75) is 51.0 Å². The van der Waals surface area contributed by atoms with Crippen LogP contribution in [0.5, 0.6) is 0 Å². The van der Waals surface area contributed by atoms with Crippen molar-refractivity contribution in [1.29, 1.82) is 0 Å². The van der Waals surface area contributed by atoms with Crippen molar-refractivity contribution in [2.24, 2.45) is 5.92 Å². The first-order chi connectivity index (χ1) is 10.3. The summed E-state index contributed by atoms with van der Waals surface area (Å²) in [6.45, 7) is 3.79. The van der Waals surface area contributed by atoms with Crippen molar-refractivity contribution in [3.8, 4) is 0 Å². The standard InChI is InChI=1S/C16H27N3O2.ClH/c20-15(13-5-2-1-3-6-13)18-9-11-19(12-10-18)16(21)14-7-4-8-17-14;/h13-14,17H,1-12H2;1H. The van der Waals surface area contributed by atoms with Crippen molar-refractivity contribution in [1.82, 2.24) is 15.1 Å². The number of halogens is 1. The van der Waals surface area contributed by atoms with Crippen LogP contribution in [0.15, 0.2) is 0 Å². The minimum absolute atomic E-state index is 0. The van der Waals surface area contributed by atoms with Crippen LogP contribution in [0.3, 0.4) is 0 Å². The van der Waals surface area contributed by atoms with Gasteiger partial charge < -0.3 is 15.1 Å². The summed E-state index contributed by atoms with van der Waals surface area (Å²) in [4.78, 5) is 28.8. The van der Waals surface area contributed by atoms with Gasteiger partial charge in [0.25, 0.3) is 0 Å². The third-order valence-electron chi connectivity index (χ3n) is 5.22. The molecule has 0 radical (unpaired) electrons. The maximum absolute atomic E-state index is 12.5. The smallest absolute Gasteiger partial charge is 0.239 e. The first kappa shape index (κ1) is 17.5. The lowest BCUT2D eigenvalue weighted by molar-refractivity contribution is -0.143. The second kappa shape index (κ2) is 8.16. The van der Waals surface area contributed by atoms with Crippen LogP contribution in [-0.4, -0.2) is 60.4 Å². The molecule has 3 fully saturated rings. The molecule has 0 aromatic carbocycles. The van der Waals surface area contributed by atoms with Gasteiger partial charge in [-0.1, -0.05) is 19.3 Å². The normalized spacial score (nSPS) is 26.6. The second-order valence-electron chi connectivity index (χ2n) is 6.63. The minimum Gasteiger partial charge on any atom is -0.339 e. The number of rotatable bonds is 2. The van der Waals surface area contributed by atoms with Crippen LogP contribution in [0.2, 0.25) is 0 Å². The van der Waals surface area contributed by atoms with Gasteiger partial charge in [-0.2, -0.15) is 0 Å².